The summed E-state index contributed by atoms with van der Waals surface area (Å²) >= 11 is 6.01. The lowest BCUT2D eigenvalue weighted by atomic mass is 9.99. The Labute approximate surface area is 179 Å². The predicted octanol–water partition coefficient (Wildman–Crippen LogP) is 5.40. The summed E-state index contributed by atoms with van der Waals surface area (Å²) in [6, 6.07) is 22.1. The maximum Gasteiger partial charge on any atom is 0.253 e. The summed E-state index contributed by atoms with van der Waals surface area (Å²) < 4.78 is 0. The van der Waals surface area contributed by atoms with Gasteiger partial charge in [0.05, 0.1) is 17.0 Å². The molecule has 0 atom stereocenters. The molecule has 0 spiro atoms. The molecule has 0 aliphatic rings. The molecule has 6 heteroatoms. The topological polar surface area (TPSA) is 68.7 Å². The second-order valence-corrected chi connectivity index (χ2v) is 7.55. The Hall–Kier alpha value is -3.57. The molecule has 30 heavy (non-hydrogen) atoms. The molecule has 3 aromatic carbocycles. The van der Waals surface area contributed by atoms with Gasteiger partial charge in [-0.1, -0.05) is 41.9 Å². The van der Waals surface area contributed by atoms with E-state index in [1.165, 1.54) is 4.90 Å². The Bertz CT molecular complexity index is 1240. The number of rotatable bonds is 4. The molecule has 1 amide bonds. The minimum absolute atomic E-state index is 0.00369. The standard InChI is InChI=1S/C24H20ClN3O2/c1-28(2)24(30)16-8-13-20-19(14-16)21(23(29)27-20)22(15-6-4-3-5-7-15)26-18-11-9-17(25)10-12-18/h3-14,27,29H,1-2H3. The number of benzene rings is 3. The van der Waals surface area contributed by atoms with Crippen molar-refractivity contribution in [3.63, 3.8) is 0 Å². The largest absolute Gasteiger partial charge is 0.494 e. The monoisotopic (exact) mass is 417 g/mol. The minimum Gasteiger partial charge on any atom is -0.494 e. The van der Waals surface area contributed by atoms with Gasteiger partial charge in [-0.25, -0.2) is 4.99 Å². The van der Waals surface area contributed by atoms with Gasteiger partial charge in [0.1, 0.15) is 0 Å². The Balaban J connectivity index is 1.96. The van der Waals surface area contributed by atoms with E-state index in [2.05, 4.69) is 4.98 Å². The second kappa shape index (κ2) is 8.05. The molecule has 4 rings (SSSR count). The van der Waals surface area contributed by atoms with Gasteiger partial charge < -0.3 is 15.0 Å². The number of halogens is 1. The average molecular weight is 418 g/mol. The summed E-state index contributed by atoms with van der Waals surface area (Å²) in [6.45, 7) is 0. The van der Waals surface area contributed by atoms with Gasteiger partial charge in [0, 0.05) is 41.1 Å². The lowest BCUT2D eigenvalue weighted by Gasteiger charge is -2.11. The van der Waals surface area contributed by atoms with Gasteiger partial charge in [-0.2, -0.15) is 0 Å². The highest BCUT2D eigenvalue weighted by molar-refractivity contribution is 6.30. The zero-order chi connectivity index (χ0) is 21.3. The van der Waals surface area contributed by atoms with Crippen LogP contribution >= 0.6 is 11.6 Å². The number of aromatic nitrogens is 1. The Morgan fingerprint density at radius 1 is 0.967 bits per heavy atom. The lowest BCUT2D eigenvalue weighted by Crippen LogP contribution is -2.21. The molecule has 0 unspecified atom stereocenters. The van der Waals surface area contributed by atoms with Crippen LogP contribution in [0.3, 0.4) is 0 Å². The van der Waals surface area contributed by atoms with Gasteiger partial charge in [-0.3, -0.25) is 4.79 Å². The Kier molecular flexibility index (Phi) is 5.29. The molecule has 1 heterocycles. The van der Waals surface area contributed by atoms with Gasteiger partial charge in [0.2, 0.25) is 0 Å². The third-order valence-electron chi connectivity index (χ3n) is 4.78. The second-order valence-electron chi connectivity index (χ2n) is 7.11. The molecule has 2 N–H and O–H groups in total. The number of amides is 1. The highest BCUT2D eigenvalue weighted by Crippen LogP contribution is 2.32. The van der Waals surface area contributed by atoms with Crippen molar-refractivity contribution in [3.8, 4) is 5.88 Å². The number of fused-ring (bicyclic) bond motifs is 1. The molecule has 0 aliphatic carbocycles. The third-order valence-corrected chi connectivity index (χ3v) is 5.04. The number of hydrogen-bond acceptors (Lipinski definition) is 3. The van der Waals surface area contributed by atoms with Gasteiger partial charge in [0.15, 0.2) is 5.88 Å². The first-order chi connectivity index (χ1) is 14.4. The molecule has 0 radical (unpaired) electrons. The fourth-order valence-electron chi connectivity index (χ4n) is 3.31. The molecular weight excluding hydrogens is 398 g/mol. The van der Waals surface area contributed by atoms with E-state index in [1.807, 2.05) is 42.5 Å². The maximum absolute atomic E-state index is 12.5. The van der Waals surface area contributed by atoms with Crippen molar-refractivity contribution < 1.29 is 9.90 Å². The van der Waals surface area contributed by atoms with Crippen LogP contribution in [0.4, 0.5) is 5.69 Å². The van der Waals surface area contributed by atoms with Gasteiger partial charge in [-0.05, 0) is 42.5 Å². The van der Waals surface area contributed by atoms with Crippen molar-refractivity contribution in [2.75, 3.05) is 14.1 Å². The smallest absolute Gasteiger partial charge is 0.253 e. The van der Waals surface area contributed by atoms with E-state index in [-0.39, 0.29) is 11.8 Å². The SMILES string of the molecule is CN(C)C(=O)c1ccc2[nH]c(O)c(C(=Nc3ccc(Cl)cc3)c3ccccc3)c2c1. The average Bonchev–Trinajstić information content (AvgIpc) is 3.08. The van der Waals surface area contributed by atoms with Crippen LogP contribution in [0.2, 0.25) is 5.02 Å². The van der Waals surface area contributed by atoms with E-state index < -0.39 is 0 Å². The molecule has 150 valence electrons. The normalized spacial score (nSPS) is 11.6. The molecular formula is C24H20ClN3O2. The number of aromatic amines is 1. The van der Waals surface area contributed by atoms with Crippen molar-refractivity contribution in [3.05, 3.63) is 94.5 Å². The predicted molar refractivity (Wildman–Crippen MR) is 121 cm³/mol. The molecule has 0 fully saturated rings. The molecule has 0 saturated heterocycles. The minimum atomic E-state index is -0.112. The maximum atomic E-state index is 12.5. The van der Waals surface area contributed by atoms with E-state index in [0.717, 1.165) is 16.5 Å². The van der Waals surface area contributed by atoms with Crippen LogP contribution in [0.5, 0.6) is 5.88 Å². The zero-order valence-electron chi connectivity index (χ0n) is 16.6. The number of carbonyl (C=O) groups excluding carboxylic acids is 1. The van der Waals surface area contributed by atoms with Crippen LogP contribution in [0, 0.1) is 0 Å². The van der Waals surface area contributed by atoms with E-state index in [1.54, 1.807) is 44.4 Å². The van der Waals surface area contributed by atoms with Crippen LogP contribution < -0.4 is 0 Å². The number of hydrogen-bond donors (Lipinski definition) is 2. The summed E-state index contributed by atoms with van der Waals surface area (Å²) in [5, 5.41) is 12.1. The summed E-state index contributed by atoms with van der Waals surface area (Å²) in [5.74, 6) is -0.115. The number of aromatic hydroxyl groups is 1. The molecule has 1 aromatic heterocycles. The van der Waals surface area contributed by atoms with Crippen molar-refractivity contribution >= 4 is 39.8 Å². The fraction of sp³-hybridized carbons (Fsp3) is 0.0833. The highest BCUT2D eigenvalue weighted by Gasteiger charge is 2.20. The Morgan fingerprint density at radius 2 is 1.67 bits per heavy atom. The van der Waals surface area contributed by atoms with E-state index in [9.17, 15) is 9.90 Å². The summed E-state index contributed by atoms with van der Waals surface area (Å²) in [5.41, 5.74) is 3.93. The van der Waals surface area contributed by atoms with E-state index in [4.69, 9.17) is 16.6 Å². The number of nitrogens with one attached hydrogen (secondary N) is 1. The first-order valence-electron chi connectivity index (χ1n) is 9.40. The van der Waals surface area contributed by atoms with Gasteiger partial charge in [0.25, 0.3) is 5.91 Å². The van der Waals surface area contributed by atoms with Gasteiger partial charge in [-0.15, -0.1) is 0 Å². The van der Waals surface area contributed by atoms with Crippen molar-refractivity contribution in [2.24, 2.45) is 4.99 Å². The van der Waals surface area contributed by atoms with Crippen LogP contribution in [0.25, 0.3) is 10.9 Å². The molecule has 0 saturated carbocycles. The van der Waals surface area contributed by atoms with E-state index in [0.29, 0.717) is 27.5 Å². The molecule has 4 aromatic rings. The highest BCUT2D eigenvalue weighted by atomic mass is 35.5. The number of H-pyrrole nitrogens is 1. The first kappa shape index (κ1) is 19.7. The van der Waals surface area contributed by atoms with Crippen LogP contribution in [-0.2, 0) is 0 Å². The molecule has 0 bridgehead atoms. The van der Waals surface area contributed by atoms with Gasteiger partial charge >= 0.3 is 0 Å². The fourth-order valence-corrected chi connectivity index (χ4v) is 3.44. The number of aliphatic imine (C=N–C) groups is 1. The first-order valence-corrected chi connectivity index (χ1v) is 9.78. The van der Waals surface area contributed by atoms with Crippen molar-refractivity contribution in [1.82, 2.24) is 9.88 Å². The Morgan fingerprint density at radius 3 is 2.33 bits per heavy atom. The zero-order valence-corrected chi connectivity index (χ0v) is 17.3. The quantitative estimate of drug-likeness (QED) is 0.436. The lowest BCUT2D eigenvalue weighted by molar-refractivity contribution is 0.0828. The summed E-state index contributed by atoms with van der Waals surface area (Å²) in [6.07, 6.45) is 0. The van der Waals surface area contributed by atoms with Crippen LogP contribution in [-0.4, -0.2) is 40.7 Å². The van der Waals surface area contributed by atoms with Crippen LogP contribution in [0.15, 0.2) is 77.8 Å². The van der Waals surface area contributed by atoms with Crippen molar-refractivity contribution in [1.29, 1.82) is 0 Å². The number of nitrogens with zero attached hydrogens (tertiary/aromatic N) is 2. The van der Waals surface area contributed by atoms with E-state index >= 15 is 0 Å². The summed E-state index contributed by atoms with van der Waals surface area (Å²) in [4.78, 5) is 21.8. The van der Waals surface area contributed by atoms with Crippen LogP contribution in [0.1, 0.15) is 21.5 Å². The molecule has 0 aliphatic heterocycles. The summed E-state index contributed by atoms with van der Waals surface area (Å²) in [7, 11) is 3.42. The number of carbonyl (C=O) groups is 1. The molecule has 5 nitrogen and oxygen atoms in total. The third kappa shape index (κ3) is 3.80. The van der Waals surface area contributed by atoms with Crippen molar-refractivity contribution in [2.45, 2.75) is 0 Å².